The summed E-state index contributed by atoms with van der Waals surface area (Å²) >= 11 is 0. The molecule has 0 amide bonds. The van der Waals surface area contributed by atoms with Crippen molar-refractivity contribution in [1.82, 2.24) is 4.98 Å². The molecular weight excluding hydrogens is 306 g/mol. The summed E-state index contributed by atoms with van der Waals surface area (Å²) in [7, 11) is -6.06. The standard InChI is InChI=1S/C14H25NO4SSi/c1-14(2,3)21(4,5)19-10-12(11-20(16,17)18)13-8-6-7-9-15-13/h6-9,12H,10-11H2,1-5H3,(H,16,17,18). The molecule has 0 aromatic carbocycles. The highest BCUT2D eigenvalue weighted by Crippen LogP contribution is 2.37. The lowest BCUT2D eigenvalue weighted by molar-refractivity contribution is 0.266. The highest BCUT2D eigenvalue weighted by atomic mass is 32.2. The largest absolute Gasteiger partial charge is 0.416 e. The minimum atomic E-state index is -4.08. The summed E-state index contributed by atoms with van der Waals surface area (Å²) in [4.78, 5) is 4.19. The SMILES string of the molecule is CC(C)(C)[Si](C)(C)OCC(CS(=O)(=O)O)c1ccccn1. The van der Waals surface area contributed by atoms with Crippen molar-refractivity contribution in [2.75, 3.05) is 12.4 Å². The van der Waals surface area contributed by atoms with E-state index in [-0.39, 0.29) is 17.4 Å². The average molecular weight is 332 g/mol. The van der Waals surface area contributed by atoms with Crippen LogP contribution < -0.4 is 0 Å². The molecule has 0 radical (unpaired) electrons. The lowest BCUT2D eigenvalue weighted by atomic mass is 10.1. The van der Waals surface area contributed by atoms with E-state index < -0.39 is 24.4 Å². The molecular formula is C14H25NO4SSi. The molecule has 7 heteroatoms. The molecule has 1 unspecified atom stereocenters. The summed E-state index contributed by atoms with van der Waals surface area (Å²) in [6, 6.07) is 5.32. The molecule has 1 atom stereocenters. The zero-order chi connectivity index (χ0) is 16.3. The summed E-state index contributed by atoms with van der Waals surface area (Å²) in [5.74, 6) is -0.839. The van der Waals surface area contributed by atoms with Crippen LogP contribution in [0.3, 0.4) is 0 Å². The van der Waals surface area contributed by atoms with Gasteiger partial charge in [0.05, 0.1) is 5.75 Å². The molecule has 0 saturated carbocycles. The number of hydrogen-bond acceptors (Lipinski definition) is 4. The van der Waals surface area contributed by atoms with Crippen LogP contribution in [-0.2, 0) is 14.5 Å². The van der Waals surface area contributed by atoms with Gasteiger partial charge in [0.2, 0.25) is 0 Å². The van der Waals surface area contributed by atoms with Crippen molar-refractivity contribution in [2.24, 2.45) is 0 Å². The second-order valence-corrected chi connectivity index (χ2v) is 13.1. The van der Waals surface area contributed by atoms with Crippen LogP contribution in [-0.4, -0.2) is 38.6 Å². The smallest absolute Gasteiger partial charge is 0.265 e. The quantitative estimate of drug-likeness (QED) is 0.640. The third-order valence-corrected chi connectivity index (χ3v) is 9.29. The monoisotopic (exact) mass is 331 g/mol. The Hall–Kier alpha value is -0.763. The molecule has 120 valence electrons. The molecule has 1 rings (SSSR count). The zero-order valence-electron chi connectivity index (χ0n) is 13.3. The van der Waals surface area contributed by atoms with Gasteiger partial charge in [-0.3, -0.25) is 9.54 Å². The first-order chi connectivity index (χ1) is 9.42. The van der Waals surface area contributed by atoms with Crippen LogP contribution in [0.1, 0.15) is 32.4 Å². The van der Waals surface area contributed by atoms with Gasteiger partial charge in [0.1, 0.15) is 0 Å². The normalized spacial score (nSPS) is 15.0. The van der Waals surface area contributed by atoms with Crippen molar-refractivity contribution >= 4 is 18.4 Å². The molecule has 0 saturated heterocycles. The van der Waals surface area contributed by atoms with E-state index >= 15 is 0 Å². The summed E-state index contributed by atoms with van der Waals surface area (Å²) in [5.41, 5.74) is 0.619. The van der Waals surface area contributed by atoms with Gasteiger partial charge in [-0.2, -0.15) is 8.42 Å². The van der Waals surface area contributed by atoms with Gasteiger partial charge in [0.15, 0.2) is 8.32 Å². The van der Waals surface area contributed by atoms with Crippen LogP contribution in [0.25, 0.3) is 0 Å². The molecule has 0 bridgehead atoms. The number of hydrogen-bond donors (Lipinski definition) is 1. The van der Waals surface area contributed by atoms with Crippen molar-refractivity contribution in [3.63, 3.8) is 0 Å². The summed E-state index contributed by atoms with van der Waals surface area (Å²) in [6.07, 6.45) is 1.61. The van der Waals surface area contributed by atoms with Crippen LogP contribution in [0.4, 0.5) is 0 Å². The van der Waals surface area contributed by atoms with Gasteiger partial charge in [-0.1, -0.05) is 26.8 Å². The Morgan fingerprint density at radius 2 is 1.95 bits per heavy atom. The van der Waals surface area contributed by atoms with Gasteiger partial charge in [0.25, 0.3) is 10.1 Å². The fraction of sp³-hybridized carbons (Fsp3) is 0.643. The minimum absolute atomic E-state index is 0.0414. The molecule has 0 aliphatic rings. The third kappa shape index (κ3) is 5.86. The average Bonchev–Trinajstić information content (AvgIpc) is 2.33. The van der Waals surface area contributed by atoms with E-state index in [4.69, 9.17) is 8.98 Å². The molecule has 21 heavy (non-hydrogen) atoms. The maximum absolute atomic E-state index is 11.2. The van der Waals surface area contributed by atoms with Gasteiger partial charge in [-0.15, -0.1) is 0 Å². The summed E-state index contributed by atoms with van der Waals surface area (Å²) in [6.45, 7) is 10.8. The zero-order valence-corrected chi connectivity index (χ0v) is 15.1. The Morgan fingerprint density at radius 3 is 2.38 bits per heavy atom. The van der Waals surface area contributed by atoms with E-state index in [1.54, 1.807) is 24.4 Å². The highest BCUT2D eigenvalue weighted by molar-refractivity contribution is 7.85. The van der Waals surface area contributed by atoms with Crippen LogP contribution >= 0.6 is 0 Å². The number of rotatable bonds is 6. The lowest BCUT2D eigenvalue weighted by Gasteiger charge is -2.37. The predicted octanol–water partition coefficient (Wildman–Crippen LogP) is 3.07. The first-order valence-corrected chi connectivity index (χ1v) is 11.4. The van der Waals surface area contributed by atoms with Gasteiger partial charge in [-0.05, 0) is 30.3 Å². The predicted molar refractivity (Wildman–Crippen MR) is 86.5 cm³/mol. The maximum atomic E-state index is 11.2. The van der Waals surface area contributed by atoms with Crippen molar-refractivity contribution in [3.8, 4) is 0 Å². The molecule has 0 fully saturated rings. The van der Waals surface area contributed by atoms with Crippen molar-refractivity contribution in [3.05, 3.63) is 30.1 Å². The first-order valence-electron chi connectivity index (χ1n) is 6.92. The van der Waals surface area contributed by atoms with E-state index in [1.807, 2.05) is 0 Å². The molecule has 5 nitrogen and oxygen atoms in total. The molecule has 0 spiro atoms. The molecule has 0 aliphatic heterocycles. The van der Waals surface area contributed by atoms with E-state index in [0.717, 1.165) is 0 Å². The van der Waals surface area contributed by atoms with E-state index in [2.05, 4.69) is 38.8 Å². The van der Waals surface area contributed by atoms with Gasteiger partial charge >= 0.3 is 0 Å². The van der Waals surface area contributed by atoms with E-state index in [1.165, 1.54) is 0 Å². The second kappa shape index (κ2) is 6.56. The molecule has 1 heterocycles. The summed E-state index contributed by atoms with van der Waals surface area (Å²) < 4.78 is 37.7. The van der Waals surface area contributed by atoms with Gasteiger partial charge in [-0.25, -0.2) is 0 Å². The van der Waals surface area contributed by atoms with E-state index in [9.17, 15) is 8.42 Å². The van der Waals surface area contributed by atoms with Gasteiger partial charge in [0, 0.05) is 24.4 Å². The molecule has 0 aliphatic carbocycles. The third-order valence-electron chi connectivity index (χ3n) is 3.97. The number of aromatic nitrogens is 1. The fourth-order valence-electron chi connectivity index (χ4n) is 1.62. The minimum Gasteiger partial charge on any atom is -0.416 e. The van der Waals surface area contributed by atoms with Crippen LogP contribution in [0.15, 0.2) is 24.4 Å². The van der Waals surface area contributed by atoms with Crippen molar-refractivity contribution < 1.29 is 17.4 Å². The number of nitrogens with zero attached hydrogens (tertiary/aromatic N) is 1. The van der Waals surface area contributed by atoms with E-state index in [0.29, 0.717) is 5.69 Å². The fourth-order valence-corrected chi connectivity index (χ4v) is 3.44. The van der Waals surface area contributed by atoms with Crippen LogP contribution in [0, 0.1) is 0 Å². The Morgan fingerprint density at radius 1 is 1.33 bits per heavy atom. The van der Waals surface area contributed by atoms with Crippen LogP contribution in [0.5, 0.6) is 0 Å². The topological polar surface area (TPSA) is 76.5 Å². The van der Waals surface area contributed by atoms with Crippen LogP contribution in [0.2, 0.25) is 18.1 Å². The van der Waals surface area contributed by atoms with Gasteiger partial charge < -0.3 is 4.43 Å². The van der Waals surface area contributed by atoms with Crippen molar-refractivity contribution in [2.45, 2.75) is 44.8 Å². The Kier molecular flexibility index (Phi) is 5.71. The van der Waals surface area contributed by atoms with Crippen molar-refractivity contribution in [1.29, 1.82) is 0 Å². The second-order valence-electron chi connectivity index (χ2n) is 6.77. The highest BCUT2D eigenvalue weighted by Gasteiger charge is 2.38. The maximum Gasteiger partial charge on any atom is 0.265 e. The first kappa shape index (κ1) is 18.3. The Bertz CT molecular complexity index is 552. The number of pyridine rings is 1. The molecule has 1 N–H and O–H groups in total. The Labute approximate surface area is 128 Å². The lowest BCUT2D eigenvalue weighted by Crippen LogP contribution is -2.42. The molecule has 1 aromatic rings. The summed E-state index contributed by atoms with van der Waals surface area (Å²) in [5, 5.41) is 0.0414. The Balaban J connectivity index is 2.90. The molecule has 1 aromatic heterocycles.